The number of benzene rings is 1. The number of rotatable bonds is 3. The Balaban J connectivity index is 1.98. The monoisotopic (exact) mass is 301 g/mol. The summed E-state index contributed by atoms with van der Waals surface area (Å²) >= 11 is 0. The largest absolute Gasteiger partial charge is 0.462 e. The quantitative estimate of drug-likeness (QED) is 0.806. The Kier molecular flexibility index (Phi) is 3.94. The van der Waals surface area contributed by atoms with E-state index in [1.54, 1.807) is 19.9 Å². The van der Waals surface area contributed by atoms with Crippen LogP contribution in [0.1, 0.15) is 49.5 Å². The molecule has 0 saturated heterocycles. The van der Waals surface area contributed by atoms with Crippen molar-refractivity contribution in [3.05, 3.63) is 29.3 Å². The highest BCUT2D eigenvalue weighted by atomic mass is 16.5. The first-order valence-corrected chi connectivity index (χ1v) is 8.12. The van der Waals surface area contributed by atoms with Gasteiger partial charge in [-0.1, -0.05) is 6.92 Å². The maximum absolute atomic E-state index is 12.2. The van der Waals surface area contributed by atoms with Crippen LogP contribution < -0.4 is 4.90 Å². The van der Waals surface area contributed by atoms with Crippen LogP contribution in [0.3, 0.4) is 0 Å². The Hall–Kier alpha value is -1.84. The van der Waals surface area contributed by atoms with Crippen molar-refractivity contribution in [2.24, 2.45) is 11.8 Å². The molecule has 1 heterocycles. The van der Waals surface area contributed by atoms with Crippen LogP contribution in [0.25, 0.3) is 0 Å². The van der Waals surface area contributed by atoms with Crippen molar-refractivity contribution in [2.45, 2.75) is 46.1 Å². The Morgan fingerprint density at radius 3 is 2.64 bits per heavy atom. The first-order chi connectivity index (χ1) is 10.5. The molecule has 1 aliphatic heterocycles. The molecule has 4 nitrogen and oxygen atoms in total. The minimum absolute atomic E-state index is 0.0913. The molecule has 118 valence electrons. The van der Waals surface area contributed by atoms with E-state index >= 15 is 0 Å². The van der Waals surface area contributed by atoms with Gasteiger partial charge in [0.05, 0.1) is 12.2 Å². The number of carbonyl (C=O) groups excluding carboxylic acids is 2. The summed E-state index contributed by atoms with van der Waals surface area (Å²) in [6, 6.07) is 5.87. The van der Waals surface area contributed by atoms with E-state index in [1.165, 1.54) is 12.8 Å². The fourth-order valence-electron chi connectivity index (χ4n) is 3.70. The second-order valence-corrected chi connectivity index (χ2v) is 6.46. The van der Waals surface area contributed by atoms with Crippen molar-refractivity contribution in [1.29, 1.82) is 0 Å². The van der Waals surface area contributed by atoms with Gasteiger partial charge in [0.1, 0.15) is 0 Å². The highest BCUT2D eigenvalue weighted by Crippen LogP contribution is 2.45. The first-order valence-electron chi connectivity index (χ1n) is 8.12. The Bertz CT molecular complexity index is 606. The van der Waals surface area contributed by atoms with Crippen LogP contribution in [0, 0.1) is 11.8 Å². The van der Waals surface area contributed by atoms with Gasteiger partial charge >= 0.3 is 5.97 Å². The summed E-state index contributed by atoms with van der Waals surface area (Å²) in [6.45, 7) is 6.01. The molecule has 0 N–H and O–H groups in total. The highest BCUT2D eigenvalue weighted by molar-refractivity contribution is 5.96. The third-order valence-electron chi connectivity index (χ3n) is 4.72. The van der Waals surface area contributed by atoms with Gasteiger partial charge in [0.2, 0.25) is 5.91 Å². The van der Waals surface area contributed by atoms with Crippen molar-refractivity contribution in [1.82, 2.24) is 0 Å². The molecular formula is C18H23NO3. The van der Waals surface area contributed by atoms with E-state index in [0.29, 0.717) is 30.0 Å². The van der Waals surface area contributed by atoms with E-state index in [9.17, 15) is 9.59 Å². The summed E-state index contributed by atoms with van der Waals surface area (Å²) < 4.78 is 5.07. The van der Waals surface area contributed by atoms with E-state index in [-0.39, 0.29) is 11.9 Å². The van der Waals surface area contributed by atoms with Crippen LogP contribution in [-0.2, 0) is 16.0 Å². The molecule has 1 aromatic rings. The summed E-state index contributed by atoms with van der Waals surface area (Å²) in [5.41, 5.74) is 2.61. The zero-order valence-electron chi connectivity index (χ0n) is 13.5. The van der Waals surface area contributed by atoms with Gasteiger partial charge in [-0.25, -0.2) is 4.79 Å². The lowest BCUT2D eigenvalue weighted by Gasteiger charge is -2.41. The van der Waals surface area contributed by atoms with Crippen molar-refractivity contribution < 1.29 is 14.3 Å². The third-order valence-corrected chi connectivity index (χ3v) is 4.72. The van der Waals surface area contributed by atoms with Crippen LogP contribution in [-0.4, -0.2) is 24.5 Å². The summed E-state index contributed by atoms with van der Waals surface area (Å²) in [4.78, 5) is 26.1. The molecule has 1 saturated carbocycles. The first kappa shape index (κ1) is 15.1. The van der Waals surface area contributed by atoms with Crippen LogP contribution >= 0.6 is 0 Å². The molecule has 0 spiro atoms. The molecule has 0 unspecified atom stereocenters. The molecule has 22 heavy (non-hydrogen) atoms. The molecule has 3 rings (SSSR count). The lowest BCUT2D eigenvalue weighted by molar-refractivity contribution is -0.117. The number of esters is 1. The van der Waals surface area contributed by atoms with E-state index < -0.39 is 0 Å². The molecule has 4 heteroatoms. The second kappa shape index (κ2) is 5.75. The molecule has 2 atom stereocenters. The topological polar surface area (TPSA) is 46.6 Å². The molecule has 0 radical (unpaired) electrons. The average molecular weight is 301 g/mol. The molecule has 1 fully saturated rings. The van der Waals surface area contributed by atoms with Crippen LogP contribution in [0.2, 0.25) is 0 Å². The predicted octanol–water partition coefficient (Wildman–Crippen LogP) is 3.19. The van der Waals surface area contributed by atoms with Crippen LogP contribution in [0.5, 0.6) is 0 Å². The summed E-state index contributed by atoms with van der Waals surface area (Å²) in [7, 11) is 0. The van der Waals surface area contributed by atoms with E-state index in [0.717, 1.165) is 17.7 Å². The molecule has 2 aliphatic rings. The van der Waals surface area contributed by atoms with E-state index in [2.05, 4.69) is 6.92 Å². The number of amides is 1. The van der Waals surface area contributed by atoms with Gasteiger partial charge < -0.3 is 9.64 Å². The molecule has 1 aliphatic carbocycles. The molecule has 1 amide bonds. The molecular weight excluding hydrogens is 278 g/mol. The number of hydrogen-bond acceptors (Lipinski definition) is 3. The lowest BCUT2D eigenvalue weighted by atomic mass is 9.83. The Morgan fingerprint density at radius 2 is 2.05 bits per heavy atom. The summed E-state index contributed by atoms with van der Waals surface area (Å²) in [5, 5.41) is 0. The number of fused-ring (bicyclic) bond motifs is 1. The van der Waals surface area contributed by atoms with Crippen molar-refractivity contribution in [3.8, 4) is 0 Å². The zero-order chi connectivity index (χ0) is 15.9. The summed E-state index contributed by atoms with van der Waals surface area (Å²) in [5.74, 6) is 0.850. The normalized spacial score (nSPS) is 23.9. The van der Waals surface area contributed by atoms with Gasteiger partial charge in [0.15, 0.2) is 0 Å². The smallest absolute Gasteiger partial charge is 0.338 e. The minimum Gasteiger partial charge on any atom is -0.462 e. The Morgan fingerprint density at radius 1 is 1.32 bits per heavy atom. The number of nitrogens with zero attached hydrogens (tertiary/aromatic N) is 1. The average Bonchev–Trinajstić information content (AvgIpc) is 3.29. The van der Waals surface area contributed by atoms with Gasteiger partial charge in [0.25, 0.3) is 0 Å². The van der Waals surface area contributed by atoms with Crippen molar-refractivity contribution in [2.75, 3.05) is 11.5 Å². The van der Waals surface area contributed by atoms with E-state index in [4.69, 9.17) is 4.74 Å². The minimum atomic E-state index is -0.295. The van der Waals surface area contributed by atoms with Gasteiger partial charge in [-0.15, -0.1) is 0 Å². The number of ether oxygens (including phenoxy) is 1. The number of hydrogen-bond donors (Lipinski definition) is 0. The third kappa shape index (κ3) is 2.62. The maximum atomic E-state index is 12.2. The molecule has 0 aromatic heterocycles. The fourth-order valence-corrected chi connectivity index (χ4v) is 3.70. The Labute approximate surface area is 131 Å². The fraction of sp³-hybridized carbons (Fsp3) is 0.556. The molecule has 0 bridgehead atoms. The highest BCUT2D eigenvalue weighted by Gasteiger charge is 2.43. The molecule has 1 aromatic carbocycles. The van der Waals surface area contributed by atoms with Crippen LogP contribution in [0.4, 0.5) is 5.69 Å². The van der Waals surface area contributed by atoms with Gasteiger partial charge in [-0.3, -0.25) is 4.79 Å². The van der Waals surface area contributed by atoms with E-state index in [1.807, 2.05) is 17.0 Å². The summed E-state index contributed by atoms with van der Waals surface area (Å²) in [6.07, 6.45) is 3.34. The van der Waals surface area contributed by atoms with Crippen molar-refractivity contribution in [3.63, 3.8) is 0 Å². The van der Waals surface area contributed by atoms with Crippen LogP contribution in [0.15, 0.2) is 18.2 Å². The van der Waals surface area contributed by atoms with Gasteiger partial charge in [-0.05, 0) is 61.8 Å². The number of carbonyl (C=O) groups is 2. The standard InChI is InChI=1S/C18H23NO3/c1-4-22-18(21)14-7-8-16-15(10-14)9-11(2)17(13-5-6-13)19(16)12(3)20/h7-8,10-11,13,17H,4-6,9H2,1-3H3/t11-,17-/m1/s1. The van der Waals surface area contributed by atoms with Gasteiger partial charge in [-0.2, -0.15) is 0 Å². The predicted molar refractivity (Wildman–Crippen MR) is 84.9 cm³/mol. The van der Waals surface area contributed by atoms with Gasteiger partial charge in [0, 0.05) is 18.7 Å². The second-order valence-electron chi connectivity index (χ2n) is 6.46. The van der Waals surface area contributed by atoms with Crippen molar-refractivity contribution >= 4 is 17.6 Å². The lowest BCUT2D eigenvalue weighted by Crippen LogP contribution is -2.48. The SMILES string of the molecule is CCOC(=O)c1ccc2c(c1)C[C@@H](C)[C@H](C1CC1)N2C(C)=O. The zero-order valence-corrected chi connectivity index (χ0v) is 13.5. The number of anilines is 1. The maximum Gasteiger partial charge on any atom is 0.338 e.